The van der Waals surface area contributed by atoms with E-state index in [9.17, 15) is 9.59 Å². The van der Waals surface area contributed by atoms with Crippen LogP contribution in [0, 0.1) is 5.92 Å². The Morgan fingerprint density at radius 1 is 1.11 bits per heavy atom. The summed E-state index contributed by atoms with van der Waals surface area (Å²) in [6, 6.07) is 9.98. The van der Waals surface area contributed by atoms with Gasteiger partial charge < -0.3 is 15.0 Å². The molecule has 0 radical (unpaired) electrons. The molecule has 6 nitrogen and oxygen atoms in total. The van der Waals surface area contributed by atoms with Crippen LogP contribution in [0.15, 0.2) is 30.3 Å². The number of rotatable bonds is 6. The zero-order valence-electron chi connectivity index (χ0n) is 16.2. The SMILES string of the molecule is COCCNC(=O)C1CCCN(C2CCN(C(=O)c3ccccc3)CC2)C1. The first-order valence-electron chi connectivity index (χ1n) is 10.0. The third kappa shape index (κ3) is 5.30. The largest absolute Gasteiger partial charge is 0.383 e. The van der Waals surface area contributed by atoms with E-state index in [1.807, 2.05) is 35.2 Å². The fraction of sp³-hybridized carbons (Fsp3) is 0.619. The van der Waals surface area contributed by atoms with Crippen LogP contribution in [0.3, 0.4) is 0 Å². The van der Waals surface area contributed by atoms with Crippen LogP contribution in [-0.4, -0.2) is 74.1 Å². The molecule has 0 bridgehead atoms. The van der Waals surface area contributed by atoms with Gasteiger partial charge in [-0.25, -0.2) is 0 Å². The van der Waals surface area contributed by atoms with Crippen LogP contribution in [0.5, 0.6) is 0 Å². The number of amides is 2. The number of hydrogen-bond donors (Lipinski definition) is 1. The summed E-state index contributed by atoms with van der Waals surface area (Å²) in [7, 11) is 1.64. The second kappa shape index (κ2) is 9.85. The van der Waals surface area contributed by atoms with Crippen molar-refractivity contribution in [3.05, 3.63) is 35.9 Å². The van der Waals surface area contributed by atoms with Crippen molar-refractivity contribution < 1.29 is 14.3 Å². The van der Waals surface area contributed by atoms with Gasteiger partial charge >= 0.3 is 0 Å². The Bertz CT molecular complexity index is 614. The van der Waals surface area contributed by atoms with E-state index in [-0.39, 0.29) is 17.7 Å². The second-order valence-electron chi connectivity index (χ2n) is 7.51. The summed E-state index contributed by atoms with van der Waals surface area (Å²) >= 11 is 0. The van der Waals surface area contributed by atoms with Crippen LogP contribution >= 0.6 is 0 Å². The van der Waals surface area contributed by atoms with Gasteiger partial charge in [-0.3, -0.25) is 14.5 Å². The molecule has 0 aliphatic carbocycles. The number of piperidine rings is 2. The Morgan fingerprint density at radius 3 is 2.56 bits per heavy atom. The minimum Gasteiger partial charge on any atom is -0.383 e. The number of methoxy groups -OCH3 is 1. The molecule has 1 aromatic rings. The molecule has 3 rings (SSSR count). The first-order valence-corrected chi connectivity index (χ1v) is 10.0. The van der Waals surface area contributed by atoms with Crippen molar-refractivity contribution in [3.8, 4) is 0 Å². The molecule has 1 atom stereocenters. The van der Waals surface area contributed by atoms with Crippen molar-refractivity contribution in [2.75, 3.05) is 46.4 Å². The van der Waals surface area contributed by atoms with Gasteiger partial charge in [0.25, 0.3) is 5.91 Å². The minimum absolute atomic E-state index is 0.0691. The van der Waals surface area contributed by atoms with Gasteiger partial charge in [0.2, 0.25) is 5.91 Å². The topological polar surface area (TPSA) is 61.9 Å². The van der Waals surface area contributed by atoms with E-state index in [1.165, 1.54) is 0 Å². The van der Waals surface area contributed by atoms with E-state index in [1.54, 1.807) is 7.11 Å². The van der Waals surface area contributed by atoms with Gasteiger partial charge in [0.05, 0.1) is 12.5 Å². The van der Waals surface area contributed by atoms with Gasteiger partial charge in [-0.1, -0.05) is 18.2 Å². The van der Waals surface area contributed by atoms with Gasteiger partial charge in [-0.05, 0) is 44.4 Å². The predicted molar refractivity (Wildman–Crippen MR) is 105 cm³/mol. The molecule has 27 heavy (non-hydrogen) atoms. The number of nitrogens with zero attached hydrogens (tertiary/aromatic N) is 2. The summed E-state index contributed by atoms with van der Waals surface area (Å²) < 4.78 is 5.00. The molecule has 2 fully saturated rings. The summed E-state index contributed by atoms with van der Waals surface area (Å²) in [5, 5.41) is 2.97. The van der Waals surface area contributed by atoms with Crippen LogP contribution in [0.2, 0.25) is 0 Å². The van der Waals surface area contributed by atoms with Crippen LogP contribution < -0.4 is 5.32 Å². The Hall–Kier alpha value is -1.92. The quantitative estimate of drug-likeness (QED) is 0.772. The lowest BCUT2D eigenvalue weighted by atomic mass is 9.93. The Morgan fingerprint density at radius 2 is 1.85 bits per heavy atom. The molecule has 148 valence electrons. The van der Waals surface area contributed by atoms with E-state index < -0.39 is 0 Å². The summed E-state index contributed by atoms with van der Waals surface area (Å²) in [6.45, 7) is 4.59. The van der Waals surface area contributed by atoms with Crippen molar-refractivity contribution in [3.63, 3.8) is 0 Å². The summed E-state index contributed by atoms with van der Waals surface area (Å²) in [5.74, 6) is 0.344. The first-order chi connectivity index (χ1) is 13.2. The molecule has 0 spiro atoms. The number of benzene rings is 1. The number of likely N-dealkylation sites (tertiary alicyclic amines) is 2. The van der Waals surface area contributed by atoms with Gasteiger partial charge in [0.15, 0.2) is 0 Å². The van der Waals surface area contributed by atoms with Gasteiger partial charge in [0, 0.05) is 44.9 Å². The highest BCUT2D eigenvalue weighted by Gasteiger charge is 2.32. The maximum atomic E-state index is 12.6. The standard InChI is InChI=1S/C21H31N3O3/c1-27-15-11-22-20(25)18-8-5-12-24(16-18)19-9-13-23(14-10-19)21(26)17-6-3-2-4-7-17/h2-4,6-7,18-19H,5,8-16H2,1H3,(H,22,25). The number of carbonyl (C=O) groups is 2. The maximum absolute atomic E-state index is 12.6. The molecule has 2 saturated heterocycles. The van der Waals surface area contributed by atoms with Crippen LogP contribution in [0.1, 0.15) is 36.0 Å². The Kier molecular flexibility index (Phi) is 7.24. The monoisotopic (exact) mass is 373 g/mol. The smallest absolute Gasteiger partial charge is 0.253 e. The average molecular weight is 373 g/mol. The van der Waals surface area contributed by atoms with Crippen molar-refractivity contribution in [2.24, 2.45) is 5.92 Å². The molecular weight excluding hydrogens is 342 g/mol. The molecule has 2 amide bonds. The lowest BCUT2D eigenvalue weighted by Crippen LogP contribution is -2.51. The van der Waals surface area contributed by atoms with Crippen LogP contribution in [0.4, 0.5) is 0 Å². The second-order valence-corrected chi connectivity index (χ2v) is 7.51. The third-order valence-electron chi connectivity index (χ3n) is 5.72. The van der Waals surface area contributed by atoms with E-state index in [4.69, 9.17) is 4.74 Å². The lowest BCUT2D eigenvalue weighted by Gasteiger charge is -2.42. The number of carbonyl (C=O) groups excluding carboxylic acids is 2. The highest BCUT2D eigenvalue weighted by molar-refractivity contribution is 5.94. The lowest BCUT2D eigenvalue weighted by molar-refractivity contribution is -0.127. The normalized spacial score (nSPS) is 21.8. The molecule has 1 unspecified atom stereocenters. The molecule has 6 heteroatoms. The molecule has 0 aromatic heterocycles. The first kappa shape index (κ1) is 19.8. The van der Waals surface area contributed by atoms with Crippen LogP contribution in [0.25, 0.3) is 0 Å². The van der Waals surface area contributed by atoms with Crippen molar-refractivity contribution in [1.82, 2.24) is 15.1 Å². The van der Waals surface area contributed by atoms with E-state index in [2.05, 4.69) is 10.2 Å². The van der Waals surface area contributed by atoms with E-state index in [0.717, 1.165) is 57.4 Å². The molecule has 1 aromatic carbocycles. The fourth-order valence-electron chi connectivity index (χ4n) is 4.17. The highest BCUT2D eigenvalue weighted by Crippen LogP contribution is 2.24. The van der Waals surface area contributed by atoms with Crippen molar-refractivity contribution in [1.29, 1.82) is 0 Å². The maximum Gasteiger partial charge on any atom is 0.253 e. The van der Waals surface area contributed by atoms with E-state index in [0.29, 0.717) is 19.2 Å². The zero-order chi connectivity index (χ0) is 19.1. The third-order valence-corrected chi connectivity index (χ3v) is 5.72. The van der Waals surface area contributed by atoms with Gasteiger partial charge in [-0.15, -0.1) is 0 Å². The Balaban J connectivity index is 1.47. The molecular formula is C21H31N3O3. The summed E-state index contributed by atoms with van der Waals surface area (Å²) in [5.41, 5.74) is 0.765. The summed E-state index contributed by atoms with van der Waals surface area (Å²) in [4.78, 5) is 29.4. The van der Waals surface area contributed by atoms with Gasteiger partial charge in [-0.2, -0.15) is 0 Å². The zero-order valence-corrected chi connectivity index (χ0v) is 16.2. The van der Waals surface area contributed by atoms with Crippen molar-refractivity contribution in [2.45, 2.75) is 31.7 Å². The average Bonchev–Trinajstić information content (AvgIpc) is 2.74. The molecule has 2 aliphatic rings. The van der Waals surface area contributed by atoms with Gasteiger partial charge in [0.1, 0.15) is 0 Å². The Labute approximate surface area is 161 Å². The van der Waals surface area contributed by atoms with Crippen molar-refractivity contribution >= 4 is 11.8 Å². The summed E-state index contributed by atoms with van der Waals surface area (Å²) in [6.07, 6.45) is 3.99. The number of nitrogens with one attached hydrogen (secondary N) is 1. The van der Waals surface area contributed by atoms with E-state index >= 15 is 0 Å². The molecule has 1 N–H and O–H groups in total. The predicted octanol–water partition coefficient (Wildman–Crippen LogP) is 1.77. The molecule has 2 heterocycles. The van der Waals surface area contributed by atoms with Crippen LogP contribution in [-0.2, 0) is 9.53 Å². The molecule has 2 aliphatic heterocycles. The highest BCUT2D eigenvalue weighted by atomic mass is 16.5. The number of hydrogen-bond acceptors (Lipinski definition) is 4. The molecule has 0 saturated carbocycles. The number of ether oxygens (including phenoxy) is 1. The fourth-order valence-corrected chi connectivity index (χ4v) is 4.17. The minimum atomic E-state index is 0.0691.